The average molecular weight is 508 g/mol. The maximum absolute atomic E-state index is 13.4. The zero-order chi connectivity index (χ0) is 20.1. The van der Waals surface area contributed by atoms with Gasteiger partial charge in [-0.25, -0.2) is 4.39 Å². The number of non-ortho nitro benzene ring substituents is 1. The van der Waals surface area contributed by atoms with Crippen molar-refractivity contribution in [1.82, 2.24) is 0 Å². The van der Waals surface area contributed by atoms with E-state index in [4.69, 9.17) is 4.74 Å². The number of aliphatic imine (C=N–C) groups is 1. The van der Waals surface area contributed by atoms with Crippen molar-refractivity contribution in [2.24, 2.45) is 4.99 Å². The van der Waals surface area contributed by atoms with Crippen LogP contribution in [0.5, 0.6) is 5.75 Å². The molecular formula is C20H13Br2FN2O3. The minimum absolute atomic E-state index is 0.00302. The van der Waals surface area contributed by atoms with Gasteiger partial charge in [-0.3, -0.25) is 15.1 Å². The summed E-state index contributed by atoms with van der Waals surface area (Å²) < 4.78 is 20.8. The first kappa shape index (κ1) is 20.2. The molecule has 5 nitrogen and oxygen atoms in total. The second-order valence-corrected chi connectivity index (χ2v) is 7.53. The standard InChI is InChI=1S/C20H13Br2FN2O3/c21-15-9-14(11-24-17-4-6-18(7-5-17)25(26)27)20(19(22)10-15)28-12-13-2-1-3-16(23)8-13/h1-11H,12H2. The van der Waals surface area contributed by atoms with E-state index in [1.54, 1.807) is 30.5 Å². The third kappa shape index (κ3) is 5.24. The maximum Gasteiger partial charge on any atom is 0.269 e. The van der Waals surface area contributed by atoms with Gasteiger partial charge >= 0.3 is 0 Å². The minimum atomic E-state index is -0.461. The summed E-state index contributed by atoms with van der Waals surface area (Å²) >= 11 is 6.90. The molecule has 0 saturated heterocycles. The Morgan fingerprint density at radius 3 is 2.54 bits per heavy atom. The van der Waals surface area contributed by atoms with Gasteiger partial charge < -0.3 is 4.74 Å². The van der Waals surface area contributed by atoms with E-state index in [-0.39, 0.29) is 18.1 Å². The lowest BCUT2D eigenvalue weighted by molar-refractivity contribution is -0.384. The molecule has 0 heterocycles. The van der Waals surface area contributed by atoms with E-state index >= 15 is 0 Å². The lowest BCUT2D eigenvalue weighted by atomic mass is 10.2. The molecule has 0 N–H and O–H groups in total. The van der Waals surface area contributed by atoms with Crippen molar-refractivity contribution < 1.29 is 14.1 Å². The van der Waals surface area contributed by atoms with Gasteiger partial charge in [0.15, 0.2) is 0 Å². The Kier molecular flexibility index (Phi) is 6.53. The summed E-state index contributed by atoms with van der Waals surface area (Å²) in [6.07, 6.45) is 1.61. The maximum atomic E-state index is 13.4. The monoisotopic (exact) mass is 506 g/mol. The number of ether oxygens (including phenoxy) is 1. The van der Waals surface area contributed by atoms with Crippen LogP contribution in [0.15, 0.2) is 74.6 Å². The average Bonchev–Trinajstić information content (AvgIpc) is 2.65. The molecule has 3 aromatic rings. The van der Waals surface area contributed by atoms with Crippen LogP contribution in [0.1, 0.15) is 11.1 Å². The Morgan fingerprint density at radius 2 is 1.86 bits per heavy atom. The van der Waals surface area contributed by atoms with Crippen LogP contribution >= 0.6 is 31.9 Å². The topological polar surface area (TPSA) is 64.7 Å². The highest BCUT2D eigenvalue weighted by Crippen LogP contribution is 2.33. The summed E-state index contributed by atoms with van der Waals surface area (Å²) in [5.41, 5.74) is 1.96. The van der Waals surface area contributed by atoms with Crippen molar-refractivity contribution in [2.75, 3.05) is 0 Å². The highest BCUT2D eigenvalue weighted by Gasteiger charge is 2.10. The number of nitro groups is 1. The fourth-order valence-corrected chi connectivity index (χ4v) is 3.79. The van der Waals surface area contributed by atoms with E-state index in [9.17, 15) is 14.5 Å². The van der Waals surface area contributed by atoms with Crippen molar-refractivity contribution in [3.05, 3.63) is 96.7 Å². The summed E-state index contributed by atoms with van der Waals surface area (Å²) in [6, 6.07) is 15.8. The number of nitro benzene ring substituents is 1. The summed E-state index contributed by atoms with van der Waals surface area (Å²) in [5.74, 6) is 0.231. The molecule has 0 spiro atoms. The van der Waals surface area contributed by atoms with E-state index in [1.165, 1.54) is 24.3 Å². The van der Waals surface area contributed by atoms with E-state index in [1.807, 2.05) is 12.1 Å². The van der Waals surface area contributed by atoms with Gasteiger partial charge in [-0.15, -0.1) is 0 Å². The first-order chi connectivity index (χ1) is 13.4. The molecule has 0 fully saturated rings. The smallest absolute Gasteiger partial charge is 0.269 e. The molecule has 0 aliphatic carbocycles. The molecule has 0 aliphatic heterocycles. The molecule has 0 saturated carbocycles. The number of hydrogen-bond donors (Lipinski definition) is 0. The number of benzene rings is 3. The third-order valence-corrected chi connectivity index (χ3v) is 4.77. The van der Waals surface area contributed by atoms with Gasteiger partial charge in [0.05, 0.1) is 15.1 Å². The number of hydrogen-bond acceptors (Lipinski definition) is 4. The Morgan fingerprint density at radius 1 is 1.11 bits per heavy atom. The van der Waals surface area contributed by atoms with Gasteiger partial charge in [0.25, 0.3) is 5.69 Å². The third-order valence-electron chi connectivity index (χ3n) is 3.72. The quantitative estimate of drug-likeness (QED) is 0.215. The Bertz CT molecular complexity index is 1040. The number of rotatable bonds is 6. The molecule has 0 unspecified atom stereocenters. The fraction of sp³-hybridized carbons (Fsp3) is 0.0500. The molecular weight excluding hydrogens is 495 g/mol. The van der Waals surface area contributed by atoms with Gasteiger partial charge in [0.1, 0.15) is 18.2 Å². The van der Waals surface area contributed by atoms with Crippen LogP contribution in [0.2, 0.25) is 0 Å². The van der Waals surface area contributed by atoms with Crippen molar-refractivity contribution in [3.63, 3.8) is 0 Å². The zero-order valence-corrected chi connectivity index (χ0v) is 17.5. The van der Waals surface area contributed by atoms with Gasteiger partial charge in [-0.05, 0) is 57.9 Å². The van der Waals surface area contributed by atoms with Crippen molar-refractivity contribution in [3.8, 4) is 5.75 Å². The molecule has 3 rings (SSSR count). The number of nitrogens with zero attached hydrogens (tertiary/aromatic N) is 2. The predicted molar refractivity (Wildman–Crippen MR) is 113 cm³/mol. The summed E-state index contributed by atoms with van der Waals surface area (Å²) in [4.78, 5) is 14.6. The molecule has 142 valence electrons. The largest absolute Gasteiger partial charge is 0.487 e. The van der Waals surface area contributed by atoms with Crippen LogP contribution in [0.3, 0.4) is 0 Å². The first-order valence-electron chi connectivity index (χ1n) is 8.07. The zero-order valence-electron chi connectivity index (χ0n) is 14.3. The second-order valence-electron chi connectivity index (χ2n) is 5.76. The molecule has 0 bridgehead atoms. The van der Waals surface area contributed by atoms with E-state index in [2.05, 4.69) is 36.9 Å². The van der Waals surface area contributed by atoms with Crippen molar-refractivity contribution in [1.29, 1.82) is 0 Å². The van der Waals surface area contributed by atoms with Gasteiger partial charge in [-0.1, -0.05) is 28.1 Å². The highest BCUT2D eigenvalue weighted by atomic mass is 79.9. The van der Waals surface area contributed by atoms with E-state index < -0.39 is 4.92 Å². The molecule has 0 amide bonds. The van der Waals surface area contributed by atoms with E-state index in [0.29, 0.717) is 27.0 Å². The lowest BCUT2D eigenvalue weighted by Gasteiger charge is -2.12. The normalized spacial score (nSPS) is 11.0. The van der Waals surface area contributed by atoms with Crippen LogP contribution in [-0.4, -0.2) is 11.1 Å². The predicted octanol–water partition coefficient (Wildman–Crippen LogP) is 6.59. The first-order valence-corrected chi connectivity index (χ1v) is 9.66. The number of halogens is 3. The molecule has 3 aromatic carbocycles. The van der Waals surface area contributed by atoms with E-state index in [0.717, 1.165) is 4.47 Å². The molecule has 0 atom stereocenters. The van der Waals surface area contributed by atoms with Crippen molar-refractivity contribution in [2.45, 2.75) is 6.61 Å². The van der Waals surface area contributed by atoms with Gasteiger partial charge in [0, 0.05) is 28.4 Å². The molecule has 0 aromatic heterocycles. The van der Waals surface area contributed by atoms with Crippen LogP contribution < -0.4 is 4.74 Å². The fourth-order valence-electron chi connectivity index (χ4n) is 2.42. The Hall–Kier alpha value is -2.58. The SMILES string of the molecule is O=[N+]([O-])c1ccc(N=Cc2cc(Br)cc(Br)c2OCc2cccc(F)c2)cc1. The molecule has 0 radical (unpaired) electrons. The van der Waals surface area contributed by atoms with Crippen LogP contribution in [0.4, 0.5) is 15.8 Å². The lowest BCUT2D eigenvalue weighted by Crippen LogP contribution is -2.00. The molecule has 8 heteroatoms. The summed E-state index contributed by atoms with van der Waals surface area (Å²) in [5, 5.41) is 10.7. The highest BCUT2D eigenvalue weighted by molar-refractivity contribution is 9.11. The second kappa shape index (κ2) is 9.07. The van der Waals surface area contributed by atoms with Crippen molar-refractivity contribution >= 4 is 49.4 Å². The Labute approximate surface area is 177 Å². The minimum Gasteiger partial charge on any atom is -0.487 e. The van der Waals surface area contributed by atoms with Gasteiger partial charge in [0.2, 0.25) is 0 Å². The summed E-state index contributed by atoms with van der Waals surface area (Å²) in [7, 11) is 0. The van der Waals surface area contributed by atoms with Crippen LogP contribution in [-0.2, 0) is 6.61 Å². The Balaban J connectivity index is 1.84. The van der Waals surface area contributed by atoms with Crippen LogP contribution in [0, 0.1) is 15.9 Å². The molecule has 28 heavy (non-hydrogen) atoms. The van der Waals surface area contributed by atoms with Gasteiger partial charge in [-0.2, -0.15) is 0 Å². The summed E-state index contributed by atoms with van der Waals surface area (Å²) in [6.45, 7) is 0.191. The van der Waals surface area contributed by atoms with Crippen LogP contribution in [0.25, 0.3) is 0 Å². The molecule has 0 aliphatic rings.